The van der Waals surface area contributed by atoms with E-state index in [1.165, 1.54) is 22.8 Å². The molecule has 1 aliphatic heterocycles. The van der Waals surface area contributed by atoms with E-state index in [0.29, 0.717) is 29.1 Å². The van der Waals surface area contributed by atoms with Crippen LogP contribution in [0.2, 0.25) is 0 Å². The van der Waals surface area contributed by atoms with Crippen LogP contribution in [0.25, 0.3) is 11.1 Å². The molecule has 4 aromatic rings. The van der Waals surface area contributed by atoms with E-state index in [-0.39, 0.29) is 12.1 Å². The Balaban J connectivity index is 1.43. The van der Waals surface area contributed by atoms with Gasteiger partial charge in [0.05, 0.1) is 30.7 Å². The molecule has 1 aromatic carbocycles. The van der Waals surface area contributed by atoms with E-state index >= 15 is 0 Å². The number of rotatable bonds is 4. The van der Waals surface area contributed by atoms with E-state index in [1.54, 1.807) is 18.3 Å². The molecule has 4 heterocycles. The van der Waals surface area contributed by atoms with Crippen LogP contribution in [0.15, 0.2) is 83.0 Å². The van der Waals surface area contributed by atoms with Gasteiger partial charge in [-0.1, -0.05) is 12.1 Å². The first-order valence-corrected chi connectivity index (χ1v) is 10.3. The van der Waals surface area contributed by atoms with Crippen molar-refractivity contribution in [3.63, 3.8) is 0 Å². The van der Waals surface area contributed by atoms with Crippen LogP contribution in [0.4, 0.5) is 17.6 Å². The number of pyridine rings is 3. The van der Waals surface area contributed by atoms with Crippen LogP contribution in [-0.2, 0) is 19.3 Å². The normalized spacial score (nSPS) is 13.0. The lowest BCUT2D eigenvalue weighted by Gasteiger charge is -2.11. The van der Waals surface area contributed by atoms with Crippen LogP contribution >= 0.6 is 0 Å². The summed E-state index contributed by atoms with van der Waals surface area (Å²) in [7, 11) is 0. The zero-order valence-corrected chi connectivity index (χ0v) is 17.6. The summed E-state index contributed by atoms with van der Waals surface area (Å²) in [5, 5.41) is 0. The molecule has 5 nitrogen and oxygen atoms in total. The minimum Gasteiger partial charge on any atom is -0.311 e. The molecule has 1 aliphatic rings. The number of hydrogen-bond acceptors (Lipinski definition) is 4. The number of hydrogen-bond donors (Lipinski definition) is 0. The van der Waals surface area contributed by atoms with Crippen LogP contribution in [0.5, 0.6) is 0 Å². The molecule has 0 unspecified atom stereocenters. The summed E-state index contributed by atoms with van der Waals surface area (Å²) in [4.78, 5) is 24.7. The van der Waals surface area contributed by atoms with Gasteiger partial charge in [-0.2, -0.15) is 13.2 Å². The molecule has 0 spiro atoms. The lowest BCUT2D eigenvalue weighted by atomic mass is 9.97. The molecule has 0 N–H and O–H groups in total. The lowest BCUT2D eigenvalue weighted by molar-refractivity contribution is -0.141. The number of halogens is 4. The maximum Gasteiger partial charge on any atom is 0.433 e. The van der Waals surface area contributed by atoms with E-state index < -0.39 is 17.7 Å². The van der Waals surface area contributed by atoms with Crippen LogP contribution in [0.1, 0.15) is 28.1 Å². The van der Waals surface area contributed by atoms with Gasteiger partial charge in [0.1, 0.15) is 11.5 Å². The minimum atomic E-state index is -4.55. The molecular weight excluding hydrogens is 448 g/mol. The molecule has 34 heavy (non-hydrogen) atoms. The zero-order chi connectivity index (χ0) is 23.9. The maximum atomic E-state index is 13.2. The monoisotopic (exact) mass is 464 g/mol. The van der Waals surface area contributed by atoms with Crippen LogP contribution in [-0.4, -0.2) is 20.2 Å². The van der Waals surface area contributed by atoms with Crippen molar-refractivity contribution < 1.29 is 17.6 Å². The molecule has 0 fully saturated rings. The minimum absolute atomic E-state index is 0.0120. The van der Waals surface area contributed by atoms with Gasteiger partial charge >= 0.3 is 6.18 Å². The highest BCUT2D eigenvalue weighted by atomic mass is 19.4. The van der Waals surface area contributed by atoms with Crippen molar-refractivity contribution in [2.24, 2.45) is 4.99 Å². The molecule has 3 aromatic heterocycles. The Hall–Kier alpha value is -4.14. The van der Waals surface area contributed by atoms with E-state index in [0.717, 1.165) is 35.2 Å². The van der Waals surface area contributed by atoms with Crippen molar-refractivity contribution >= 4 is 5.71 Å². The summed E-state index contributed by atoms with van der Waals surface area (Å²) >= 11 is 0. The molecule has 0 aliphatic carbocycles. The molecule has 5 rings (SSSR count). The third-order valence-electron chi connectivity index (χ3n) is 5.54. The predicted octanol–water partition coefficient (Wildman–Crippen LogP) is 4.86. The van der Waals surface area contributed by atoms with Gasteiger partial charge in [-0.3, -0.25) is 19.8 Å². The lowest BCUT2D eigenvalue weighted by Crippen LogP contribution is -2.19. The molecule has 0 bridgehead atoms. The van der Waals surface area contributed by atoms with Gasteiger partial charge in [0.25, 0.3) is 5.56 Å². The average molecular weight is 464 g/mol. The highest BCUT2D eigenvalue weighted by Crippen LogP contribution is 2.29. The summed E-state index contributed by atoms with van der Waals surface area (Å²) in [5.74, 6) is -0.432. The van der Waals surface area contributed by atoms with Crippen molar-refractivity contribution in [1.82, 2.24) is 14.5 Å². The quantitative estimate of drug-likeness (QED) is 0.405. The second-order valence-corrected chi connectivity index (χ2v) is 7.83. The Morgan fingerprint density at radius 1 is 0.941 bits per heavy atom. The van der Waals surface area contributed by atoms with Crippen molar-refractivity contribution in [2.75, 3.05) is 0 Å². The highest BCUT2D eigenvalue weighted by molar-refractivity contribution is 6.14. The molecule has 0 saturated heterocycles. The number of aliphatic imine (C=N–C) groups is 1. The van der Waals surface area contributed by atoms with Crippen LogP contribution in [0, 0.1) is 5.82 Å². The number of aromatic nitrogens is 3. The molecule has 170 valence electrons. The Labute approximate surface area is 191 Å². The second kappa shape index (κ2) is 8.33. The molecule has 0 saturated carbocycles. The Morgan fingerprint density at radius 3 is 2.50 bits per heavy atom. The topological polar surface area (TPSA) is 60.1 Å². The summed E-state index contributed by atoms with van der Waals surface area (Å²) in [5.41, 5.74) is 3.48. The largest absolute Gasteiger partial charge is 0.433 e. The van der Waals surface area contributed by atoms with Crippen LogP contribution < -0.4 is 5.56 Å². The molecule has 9 heteroatoms. The van der Waals surface area contributed by atoms with E-state index in [4.69, 9.17) is 0 Å². The smallest absolute Gasteiger partial charge is 0.311 e. The SMILES string of the molecule is O=c1cc(-c2ccc3c(c2)C(c2ccc(F)cn2)=NC3)ccn1Cc1ccnc(C(F)(F)F)c1. The summed E-state index contributed by atoms with van der Waals surface area (Å²) in [6, 6.07) is 14.2. The first-order chi connectivity index (χ1) is 16.3. The van der Waals surface area contributed by atoms with E-state index in [2.05, 4.69) is 15.0 Å². The highest BCUT2D eigenvalue weighted by Gasteiger charge is 2.32. The molecule has 0 amide bonds. The van der Waals surface area contributed by atoms with Gasteiger partial charge < -0.3 is 4.57 Å². The maximum absolute atomic E-state index is 13.2. The average Bonchev–Trinajstić information content (AvgIpc) is 3.24. The summed E-state index contributed by atoms with van der Waals surface area (Å²) in [6.45, 7) is 0.472. The van der Waals surface area contributed by atoms with Crippen molar-refractivity contribution in [3.8, 4) is 11.1 Å². The van der Waals surface area contributed by atoms with Gasteiger partial charge in [0.2, 0.25) is 0 Å². The number of alkyl halides is 3. The third kappa shape index (κ3) is 4.24. The second-order valence-electron chi connectivity index (χ2n) is 7.83. The molecule has 0 radical (unpaired) electrons. The predicted molar refractivity (Wildman–Crippen MR) is 118 cm³/mol. The zero-order valence-electron chi connectivity index (χ0n) is 17.6. The third-order valence-corrected chi connectivity index (χ3v) is 5.54. The fraction of sp³-hybridized carbons (Fsp3) is 0.120. The van der Waals surface area contributed by atoms with Gasteiger partial charge in [0, 0.05) is 24.0 Å². The van der Waals surface area contributed by atoms with Gasteiger partial charge in [0.15, 0.2) is 0 Å². The van der Waals surface area contributed by atoms with Crippen molar-refractivity contribution in [3.05, 3.63) is 117 Å². The van der Waals surface area contributed by atoms with Crippen LogP contribution in [0.3, 0.4) is 0 Å². The first kappa shape index (κ1) is 21.7. The standard InChI is InChI=1S/C25H16F4N4O/c26-19-3-4-21(31-13-19)24-20-10-16(1-2-18(20)12-32-24)17-6-8-33(23(34)11-17)14-15-5-7-30-22(9-15)25(27,28)29/h1-11,13H,12,14H2. The fourth-order valence-corrected chi connectivity index (χ4v) is 3.84. The van der Waals surface area contributed by atoms with Crippen molar-refractivity contribution in [1.29, 1.82) is 0 Å². The Bertz CT molecular complexity index is 1470. The van der Waals surface area contributed by atoms with E-state index in [1.807, 2.05) is 18.2 Å². The number of fused-ring (bicyclic) bond motifs is 1. The van der Waals surface area contributed by atoms with E-state index in [9.17, 15) is 22.4 Å². The molecule has 0 atom stereocenters. The Morgan fingerprint density at radius 2 is 1.76 bits per heavy atom. The summed E-state index contributed by atoms with van der Waals surface area (Å²) < 4.78 is 53.3. The summed E-state index contributed by atoms with van der Waals surface area (Å²) in [6.07, 6.45) is -0.782. The van der Waals surface area contributed by atoms with Gasteiger partial charge in [-0.15, -0.1) is 0 Å². The first-order valence-electron chi connectivity index (χ1n) is 10.3. The Kier molecular flexibility index (Phi) is 5.31. The molecular formula is C25H16F4N4O. The van der Waals surface area contributed by atoms with Gasteiger partial charge in [-0.25, -0.2) is 4.39 Å². The fourth-order valence-electron chi connectivity index (χ4n) is 3.84. The number of benzene rings is 1. The van der Waals surface area contributed by atoms with Crippen molar-refractivity contribution in [2.45, 2.75) is 19.3 Å². The van der Waals surface area contributed by atoms with Gasteiger partial charge in [-0.05, 0) is 58.7 Å². The number of nitrogens with zero attached hydrogens (tertiary/aromatic N) is 4.